The number of halogens is 2. The van der Waals surface area contributed by atoms with Gasteiger partial charge in [-0.15, -0.1) is 0 Å². The number of nitrogens with zero attached hydrogens (tertiary/aromatic N) is 1. The number of hydrogen-bond acceptors (Lipinski definition) is 5. The fourth-order valence-electron chi connectivity index (χ4n) is 1.91. The largest absolute Gasteiger partial charge is 0.514 e. The average molecular weight is 323 g/mol. The Kier molecular flexibility index (Phi) is 3.47. The SMILES string of the molecule is N#Cc1c(Cl)c(F)cc2c(=O)c(OC(=O)OC3CC3)c[nH]c12. The third kappa shape index (κ3) is 2.49. The van der Waals surface area contributed by atoms with Gasteiger partial charge in [-0.2, -0.15) is 5.26 Å². The molecule has 0 spiro atoms. The van der Waals surface area contributed by atoms with Crippen molar-refractivity contribution in [1.82, 2.24) is 4.98 Å². The first-order valence-electron chi connectivity index (χ1n) is 6.33. The number of pyridine rings is 1. The van der Waals surface area contributed by atoms with Gasteiger partial charge in [0.1, 0.15) is 18.0 Å². The standard InChI is InChI=1S/C14H8ClFN2O4/c15-11-8(4-17)12-7(3-9(11)16)13(19)10(5-18-12)22-14(20)21-6-1-2-6/h3,5-6H,1-2H2,(H,18,19). The topological polar surface area (TPSA) is 92.2 Å². The number of aromatic nitrogens is 1. The highest BCUT2D eigenvalue weighted by molar-refractivity contribution is 6.32. The van der Waals surface area contributed by atoms with Crippen molar-refractivity contribution in [3.05, 3.63) is 38.9 Å². The van der Waals surface area contributed by atoms with Crippen molar-refractivity contribution in [2.75, 3.05) is 0 Å². The van der Waals surface area contributed by atoms with Crippen molar-refractivity contribution in [2.45, 2.75) is 18.9 Å². The van der Waals surface area contributed by atoms with Crippen LogP contribution in [0.1, 0.15) is 18.4 Å². The summed E-state index contributed by atoms with van der Waals surface area (Å²) in [4.78, 5) is 26.3. The number of H-pyrrole nitrogens is 1. The lowest BCUT2D eigenvalue weighted by Gasteiger charge is -2.07. The molecular formula is C14H8ClFN2O4. The monoisotopic (exact) mass is 322 g/mol. The van der Waals surface area contributed by atoms with Crippen LogP contribution < -0.4 is 10.2 Å². The van der Waals surface area contributed by atoms with Crippen molar-refractivity contribution < 1.29 is 18.7 Å². The molecule has 22 heavy (non-hydrogen) atoms. The van der Waals surface area contributed by atoms with Crippen LogP contribution in [0.15, 0.2) is 17.1 Å². The summed E-state index contributed by atoms with van der Waals surface area (Å²) in [5.41, 5.74) is -0.865. The minimum atomic E-state index is -0.998. The maximum atomic E-state index is 13.7. The van der Waals surface area contributed by atoms with E-state index in [0.717, 1.165) is 25.1 Å². The maximum absolute atomic E-state index is 13.7. The second-order valence-electron chi connectivity index (χ2n) is 4.73. The van der Waals surface area contributed by atoms with Gasteiger partial charge in [0.05, 0.1) is 21.5 Å². The molecule has 0 amide bonds. The molecule has 1 aromatic carbocycles. The number of aromatic amines is 1. The van der Waals surface area contributed by atoms with Crippen LogP contribution in [-0.2, 0) is 4.74 Å². The summed E-state index contributed by atoms with van der Waals surface area (Å²) in [7, 11) is 0. The Hall–Kier alpha value is -2.59. The van der Waals surface area contributed by atoms with E-state index in [9.17, 15) is 14.0 Å². The fourth-order valence-corrected chi connectivity index (χ4v) is 2.10. The summed E-state index contributed by atoms with van der Waals surface area (Å²) in [6.45, 7) is 0. The molecular weight excluding hydrogens is 315 g/mol. The molecule has 8 heteroatoms. The van der Waals surface area contributed by atoms with Crippen molar-refractivity contribution in [3.63, 3.8) is 0 Å². The van der Waals surface area contributed by atoms with Crippen LogP contribution in [-0.4, -0.2) is 17.2 Å². The Morgan fingerprint density at radius 2 is 2.23 bits per heavy atom. The van der Waals surface area contributed by atoms with E-state index in [1.54, 1.807) is 6.07 Å². The molecule has 1 saturated carbocycles. The van der Waals surface area contributed by atoms with Crippen molar-refractivity contribution in [1.29, 1.82) is 5.26 Å². The molecule has 0 unspecified atom stereocenters. The molecule has 3 rings (SSSR count). The van der Waals surface area contributed by atoms with Crippen LogP contribution in [0.4, 0.5) is 9.18 Å². The maximum Gasteiger partial charge on any atom is 0.514 e. The Balaban J connectivity index is 2.06. The summed E-state index contributed by atoms with van der Waals surface area (Å²) in [6, 6.07) is 2.61. The first-order valence-corrected chi connectivity index (χ1v) is 6.71. The second kappa shape index (κ2) is 5.31. The Morgan fingerprint density at radius 3 is 2.86 bits per heavy atom. The van der Waals surface area contributed by atoms with Gasteiger partial charge in [0, 0.05) is 6.20 Å². The number of carbonyl (C=O) groups excluding carboxylic acids is 1. The summed E-state index contributed by atoms with van der Waals surface area (Å²) in [6.07, 6.45) is 1.46. The van der Waals surface area contributed by atoms with E-state index < -0.39 is 17.4 Å². The number of hydrogen-bond donors (Lipinski definition) is 1. The highest BCUT2D eigenvalue weighted by atomic mass is 35.5. The lowest BCUT2D eigenvalue weighted by atomic mass is 10.1. The molecule has 2 aromatic rings. The number of fused-ring (bicyclic) bond motifs is 1. The highest BCUT2D eigenvalue weighted by Gasteiger charge is 2.27. The molecule has 112 valence electrons. The van der Waals surface area contributed by atoms with Gasteiger partial charge in [-0.05, 0) is 18.9 Å². The molecule has 1 aliphatic rings. The van der Waals surface area contributed by atoms with Gasteiger partial charge in [0.25, 0.3) is 0 Å². The molecule has 0 saturated heterocycles. The Morgan fingerprint density at radius 1 is 1.50 bits per heavy atom. The van der Waals surface area contributed by atoms with E-state index in [-0.39, 0.29) is 33.3 Å². The molecule has 1 fully saturated rings. The molecule has 1 N–H and O–H groups in total. The number of benzene rings is 1. The number of ether oxygens (including phenoxy) is 2. The third-order valence-corrected chi connectivity index (χ3v) is 3.50. The van der Waals surface area contributed by atoms with Crippen LogP contribution in [0.25, 0.3) is 10.9 Å². The van der Waals surface area contributed by atoms with Gasteiger partial charge < -0.3 is 14.5 Å². The minimum absolute atomic E-state index is 0.0711. The lowest BCUT2D eigenvalue weighted by molar-refractivity contribution is 0.0921. The van der Waals surface area contributed by atoms with Gasteiger partial charge in [-0.1, -0.05) is 11.6 Å². The molecule has 0 aliphatic heterocycles. The zero-order valence-electron chi connectivity index (χ0n) is 11.0. The molecule has 1 aromatic heterocycles. The van der Waals surface area contributed by atoms with Crippen LogP contribution in [0, 0.1) is 17.1 Å². The predicted molar refractivity (Wildman–Crippen MR) is 74.4 cm³/mol. The number of nitriles is 1. The molecule has 0 bridgehead atoms. The van der Waals surface area contributed by atoms with E-state index in [4.69, 9.17) is 26.3 Å². The predicted octanol–water partition coefficient (Wildman–Crippen LogP) is 2.87. The molecule has 0 radical (unpaired) electrons. The van der Waals surface area contributed by atoms with Crippen LogP contribution in [0.5, 0.6) is 5.75 Å². The van der Waals surface area contributed by atoms with Gasteiger partial charge >= 0.3 is 6.16 Å². The van der Waals surface area contributed by atoms with Crippen LogP contribution >= 0.6 is 11.6 Å². The van der Waals surface area contributed by atoms with Gasteiger partial charge in [0.15, 0.2) is 5.75 Å². The summed E-state index contributed by atoms with van der Waals surface area (Å²) in [5.74, 6) is -1.25. The van der Waals surface area contributed by atoms with Crippen LogP contribution in [0.2, 0.25) is 5.02 Å². The fraction of sp³-hybridized carbons (Fsp3) is 0.214. The minimum Gasteiger partial charge on any atom is -0.431 e. The summed E-state index contributed by atoms with van der Waals surface area (Å²) < 4.78 is 23.3. The van der Waals surface area contributed by atoms with E-state index in [2.05, 4.69) is 4.98 Å². The smallest absolute Gasteiger partial charge is 0.431 e. The first-order chi connectivity index (χ1) is 10.5. The Labute approximate surface area is 128 Å². The van der Waals surface area contributed by atoms with E-state index in [0.29, 0.717) is 0 Å². The van der Waals surface area contributed by atoms with E-state index >= 15 is 0 Å². The van der Waals surface area contributed by atoms with Crippen LogP contribution in [0.3, 0.4) is 0 Å². The van der Waals surface area contributed by atoms with Gasteiger partial charge in [-0.3, -0.25) is 4.79 Å². The van der Waals surface area contributed by atoms with Gasteiger partial charge in [0.2, 0.25) is 5.43 Å². The Bertz CT molecular complexity index is 883. The summed E-state index contributed by atoms with van der Waals surface area (Å²) in [5, 5.41) is 8.50. The van der Waals surface area contributed by atoms with E-state index in [1.165, 1.54) is 0 Å². The summed E-state index contributed by atoms with van der Waals surface area (Å²) >= 11 is 5.69. The van der Waals surface area contributed by atoms with E-state index in [1.807, 2.05) is 0 Å². The normalized spacial score (nSPS) is 13.7. The second-order valence-corrected chi connectivity index (χ2v) is 5.11. The van der Waals surface area contributed by atoms with Crippen molar-refractivity contribution in [3.8, 4) is 11.8 Å². The lowest BCUT2D eigenvalue weighted by Crippen LogP contribution is -2.17. The molecule has 1 heterocycles. The quantitative estimate of drug-likeness (QED) is 0.858. The zero-order valence-corrected chi connectivity index (χ0v) is 11.7. The number of nitrogens with one attached hydrogen (secondary N) is 1. The van der Waals surface area contributed by atoms with Gasteiger partial charge in [-0.25, -0.2) is 9.18 Å². The molecule has 0 atom stereocenters. The average Bonchev–Trinajstić information content (AvgIpc) is 3.28. The highest BCUT2D eigenvalue weighted by Crippen LogP contribution is 2.27. The van der Waals surface area contributed by atoms with Crippen molar-refractivity contribution >= 4 is 28.7 Å². The third-order valence-electron chi connectivity index (χ3n) is 3.13. The zero-order chi connectivity index (χ0) is 15.9. The first kappa shape index (κ1) is 14.4. The number of carbonyl (C=O) groups is 1. The number of rotatable bonds is 2. The molecule has 1 aliphatic carbocycles. The van der Waals surface area contributed by atoms with Crippen molar-refractivity contribution in [2.24, 2.45) is 0 Å². The molecule has 6 nitrogen and oxygen atoms in total.